The topological polar surface area (TPSA) is 37.8 Å². The average Bonchev–Trinajstić information content (AvgIpc) is 2.29. The van der Waals surface area contributed by atoms with Crippen molar-refractivity contribution in [3.63, 3.8) is 0 Å². The first-order chi connectivity index (χ1) is 7.72. The number of hydrogen-bond donors (Lipinski definition) is 1. The summed E-state index contributed by atoms with van der Waals surface area (Å²) in [6, 6.07) is 2.04. The molecule has 1 aliphatic carbocycles. The first kappa shape index (κ1) is 11.6. The van der Waals surface area contributed by atoms with Crippen LogP contribution in [0.3, 0.4) is 0 Å². The smallest absolute Gasteiger partial charge is 0.251 e. The average molecular weight is 238 g/mol. The molecule has 88 valence electrons. The third-order valence-corrected chi connectivity index (χ3v) is 3.91. The lowest BCUT2D eigenvalue weighted by Crippen LogP contribution is -2.25. The van der Waals surface area contributed by atoms with E-state index in [1.54, 1.807) is 6.07 Å². The molecule has 1 aromatic rings. The van der Waals surface area contributed by atoms with Gasteiger partial charge in [0.05, 0.1) is 0 Å². The number of rotatable bonds is 2. The Hall–Kier alpha value is -0.900. The maximum absolute atomic E-state index is 11.1. The largest absolute Gasteiger partial charge is 0.322 e. The molecular formula is C12H18N2OS. The van der Waals surface area contributed by atoms with Gasteiger partial charge in [-0.15, -0.1) is 0 Å². The van der Waals surface area contributed by atoms with Crippen LogP contribution in [-0.4, -0.2) is 9.55 Å². The molecule has 3 nitrogen and oxygen atoms in total. The third-order valence-electron chi connectivity index (χ3n) is 3.60. The fourth-order valence-corrected chi connectivity index (χ4v) is 3.02. The minimum atomic E-state index is -0.106. The standard InChI is InChI=1S/C12H18N2OS/c1-2-9-5-3-4-6-10(9)14-8-7-11(15)13-12(14)16/h7-10H,2-6H2,1H3,(H,13,15,16). The number of nitrogens with one attached hydrogen (secondary N) is 1. The Labute approximate surface area is 101 Å². The van der Waals surface area contributed by atoms with Crippen LogP contribution in [-0.2, 0) is 0 Å². The molecule has 1 N–H and O–H groups in total. The molecule has 1 heterocycles. The van der Waals surface area contributed by atoms with Crippen molar-refractivity contribution in [3.8, 4) is 0 Å². The van der Waals surface area contributed by atoms with Gasteiger partial charge in [0.25, 0.3) is 5.56 Å². The van der Waals surface area contributed by atoms with Crippen molar-refractivity contribution in [1.82, 2.24) is 9.55 Å². The lowest BCUT2D eigenvalue weighted by atomic mass is 9.83. The van der Waals surface area contributed by atoms with E-state index < -0.39 is 0 Å². The van der Waals surface area contributed by atoms with Crippen LogP contribution in [0, 0.1) is 10.7 Å². The molecule has 16 heavy (non-hydrogen) atoms. The summed E-state index contributed by atoms with van der Waals surface area (Å²) in [7, 11) is 0. The second-order valence-corrected chi connectivity index (χ2v) is 4.92. The maximum Gasteiger partial charge on any atom is 0.251 e. The lowest BCUT2D eigenvalue weighted by molar-refractivity contribution is 0.228. The number of aromatic amines is 1. The zero-order valence-corrected chi connectivity index (χ0v) is 10.4. The molecule has 0 aromatic carbocycles. The summed E-state index contributed by atoms with van der Waals surface area (Å²) < 4.78 is 2.64. The van der Waals surface area contributed by atoms with Crippen LogP contribution in [0.25, 0.3) is 0 Å². The van der Waals surface area contributed by atoms with Crippen LogP contribution < -0.4 is 5.56 Å². The molecule has 4 heteroatoms. The van der Waals surface area contributed by atoms with E-state index >= 15 is 0 Å². The zero-order chi connectivity index (χ0) is 11.5. The normalized spacial score (nSPS) is 25.6. The molecule has 1 aliphatic rings. The highest BCUT2D eigenvalue weighted by Crippen LogP contribution is 2.35. The van der Waals surface area contributed by atoms with E-state index in [-0.39, 0.29) is 5.56 Å². The molecule has 2 unspecified atom stereocenters. The highest BCUT2D eigenvalue weighted by Gasteiger charge is 2.24. The van der Waals surface area contributed by atoms with Gasteiger partial charge < -0.3 is 4.57 Å². The van der Waals surface area contributed by atoms with Gasteiger partial charge in [-0.05, 0) is 31.0 Å². The van der Waals surface area contributed by atoms with Gasteiger partial charge >= 0.3 is 0 Å². The predicted molar refractivity (Wildman–Crippen MR) is 67.2 cm³/mol. The van der Waals surface area contributed by atoms with Crippen LogP contribution in [0.15, 0.2) is 17.1 Å². The van der Waals surface area contributed by atoms with Gasteiger partial charge in [-0.25, -0.2) is 0 Å². The van der Waals surface area contributed by atoms with Gasteiger partial charge in [0, 0.05) is 18.3 Å². The summed E-state index contributed by atoms with van der Waals surface area (Å²) in [6.07, 6.45) is 8.08. The fraction of sp³-hybridized carbons (Fsp3) is 0.667. The molecule has 0 aliphatic heterocycles. The summed E-state index contributed by atoms with van der Waals surface area (Å²) in [4.78, 5) is 13.8. The molecule has 0 bridgehead atoms. The molecule has 0 saturated heterocycles. The minimum Gasteiger partial charge on any atom is -0.322 e. The SMILES string of the molecule is CCC1CCCCC1n1ccc(=O)[nH]c1=S. The summed E-state index contributed by atoms with van der Waals surface area (Å²) in [6.45, 7) is 2.23. The van der Waals surface area contributed by atoms with E-state index in [1.807, 2.05) is 6.20 Å². The molecule has 1 saturated carbocycles. The fourth-order valence-electron chi connectivity index (χ4n) is 2.72. The lowest BCUT2D eigenvalue weighted by Gasteiger charge is -2.32. The monoisotopic (exact) mass is 238 g/mol. The molecule has 2 atom stereocenters. The van der Waals surface area contributed by atoms with Crippen molar-refractivity contribution >= 4 is 12.2 Å². The first-order valence-corrected chi connectivity index (χ1v) is 6.44. The number of H-pyrrole nitrogens is 1. The molecule has 2 rings (SSSR count). The van der Waals surface area contributed by atoms with E-state index in [0.717, 1.165) is 0 Å². The second-order valence-electron chi connectivity index (χ2n) is 4.54. The Morgan fingerprint density at radius 1 is 1.50 bits per heavy atom. The number of hydrogen-bond acceptors (Lipinski definition) is 2. The van der Waals surface area contributed by atoms with Gasteiger partial charge in [0.1, 0.15) is 0 Å². The molecule has 0 amide bonds. The molecule has 0 spiro atoms. The van der Waals surface area contributed by atoms with Crippen molar-refractivity contribution in [1.29, 1.82) is 0 Å². The van der Waals surface area contributed by atoms with E-state index in [0.29, 0.717) is 16.7 Å². The maximum atomic E-state index is 11.1. The van der Waals surface area contributed by atoms with Crippen LogP contribution in [0.5, 0.6) is 0 Å². The van der Waals surface area contributed by atoms with Crippen LogP contribution >= 0.6 is 12.2 Å². The van der Waals surface area contributed by atoms with Gasteiger partial charge in [0.2, 0.25) is 0 Å². The van der Waals surface area contributed by atoms with Crippen LogP contribution in [0.1, 0.15) is 45.1 Å². The van der Waals surface area contributed by atoms with Crippen molar-refractivity contribution in [3.05, 3.63) is 27.4 Å². The highest BCUT2D eigenvalue weighted by atomic mass is 32.1. The van der Waals surface area contributed by atoms with E-state index in [4.69, 9.17) is 12.2 Å². The van der Waals surface area contributed by atoms with Crippen molar-refractivity contribution in [2.24, 2.45) is 5.92 Å². The summed E-state index contributed by atoms with van der Waals surface area (Å²) >= 11 is 5.23. The quantitative estimate of drug-likeness (QED) is 0.804. The Kier molecular flexibility index (Phi) is 3.59. The number of nitrogens with zero attached hydrogens (tertiary/aromatic N) is 1. The van der Waals surface area contributed by atoms with Gasteiger partial charge in [-0.1, -0.05) is 26.2 Å². The Morgan fingerprint density at radius 3 is 2.94 bits per heavy atom. The Balaban J connectivity index is 2.34. The van der Waals surface area contributed by atoms with Crippen LogP contribution in [0.4, 0.5) is 0 Å². The van der Waals surface area contributed by atoms with Crippen molar-refractivity contribution in [2.75, 3.05) is 0 Å². The van der Waals surface area contributed by atoms with Gasteiger partial charge in [0.15, 0.2) is 4.77 Å². The third kappa shape index (κ3) is 2.26. The Bertz CT molecular complexity index is 463. The first-order valence-electron chi connectivity index (χ1n) is 6.04. The van der Waals surface area contributed by atoms with Gasteiger partial charge in [-0.3, -0.25) is 9.78 Å². The molecule has 1 fully saturated rings. The Morgan fingerprint density at radius 2 is 2.25 bits per heavy atom. The van der Waals surface area contributed by atoms with Crippen molar-refractivity contribution in [2.45, 2.75) is 45.1 Å². The summed E-state index contributed by atoms with van der Waals surface area (Å²) in [5, 5.41) is 0. The molecule has 0 radical (unpaired) electrons. The van der Waals surface area contributed by atoms with Crippen LogP contribution in [0.2, 0.25) is 0 Å². The highest BCUT2D eigenvalue weighted by molar-refractivity contribution is 7.71. The predicted octanol–water partition coefficient (Wildman–Crippen LogP) is 3.05. The summed E-state index contributed by atoms with van der Waals surface area (Å²) in [5.74, 6) is 0.700. The summed E-state index contributed by atoms with van der Waals surface area (Å²) in [5.41, 5.74) is -0.106. The molecule has 1 aromatic heterocycles. The van der Waals surface area contributed by atoms with E-state index in [2.05, 4.69) is 16.5 Å². The number of aromatic nitrogens is 2. The van der Waals surface area contributed by atoms with Gasteiger partial charge in [-0.2, -0.15) is 0 Å². The van der Waals surface area contributed by atoms with Crippen molar-refractivity contribution < 1.29 is 0 Å². The minimum absolute atomic E-state index is 0.106. The van der Waals surface area contributed by atoms with E-state index in [1.165, 1.54) is 32.1 Å². The molecular weight excluding hydrogens is 220 g/mol. The van der Waals surface area contributed by atoms with E-state index in [9.17, 15) is 4.79 Å². The second kappa shape index (κ2) is 4.95. The zero-order valence-electron chi connectivity index (χ0n) is 9.61.